The van der Waals surface area contributed by atoms with Crippen LogP contribution in [-0.2, 0) is 26.2 Å². The molecule has 12 heteroatoms. The first-order chi connectivity index (χ1) is 24.1. The fourth-order valence-electron chi connectivity index (χ4n) is 9.36. The molecule has 6 unspecified atom stereocenters. The molecule has 1 N–H and O–H groups in total. The second kappa shape index (κ2) is 11.3. The molecule has 264 valence electrons. The van der Waals surface area contributed by atoms with E-state index in [0.29, 0.717) is 28.5 Å². The van der Waals surface area contributed by atoms with E-state index in [1.54, 1.807) is 41.3 Å². The van der Waals surface area contributed by atoms with Gasteiger partial charge >= 0.3 is 0 Å². The van der Waals surface area contributed by atoms with Crippen LogP contribution in [-0.4, -0.2) is 56.1 Å². The average molecular weight is 727 g/mol. The Morgan fingerprint density at radius 2 is 1.76 bits per heavy atom. The van der Waals surface area contributed by atoms with Gasteiger partial charge in [0.15, 0.2) is 11.5 Å². The molecule has 1 saturated carbocycles. The normalized spacial score (nSPS) is 27.6. The van der Waals surface area contributed by atoms with Crippen molar-refractivity contribution in [1.82, 2.24) is 14.7 Å². The second-order valence-electron chi connectivity index (χ2n) is 15.5. The number of aromatic nitrogens is 2. The molecule has 4 heterocycles. The number of halogens is 1. The summed E-state index contributed by atoms with van der Waals surface area (Å²) in [5.41, 5.74) is 1.24. The van der Waals surface area contributed by atoms with E-state index in [-0.39, 0.29) is 41.5 Å². The van der Waals surface area contributed by atoms with Crippen LogP contribution in [0, 0.1) is 36.0 Å². The molecular formula is C39H39ClN4O6S. The Hall–Kier alpha value is -4.48. The molecular weight excluding hydrogens is 688 g/mol. The molecule has 4 aliphatic rings. The molecule has 8 rings (SSSR count). The fourth-order valence-corrected chi connectivity index (χ4v) is 10.7. The van der Waals surface area contributed by atoms with E-state index in [1.807, 2.05) is 58.9 Å². The lowest BCUT2D eigenvalue weighted by Gasteiger charge is -2.49. The van der Waals surface area contributed by atoms with Gasteiger partial charge in [0.1, 0.15) is 11.5 Å². The molecule has 4 aromatic rings. The largest absolute Gasteiger partial charge is 0.504 e. The first kappa shape index (κ1) is 33.7. The zero-order chi connectivity index (χ0) is 36.5. The number of phenols is 1. The molecule has 0 radical (unpaired) electrons. The van der Waals surface area contributed by atoms with Gasteiger partial charge < -0.3 is 9.84 Å². The maximum atomic E-state index is 15.0. The summed E-state index contributed by atoms with van der Waals surface area (Å²) in [5, 5.41) is 17.0. The standard InChI is InChI=1S/C39H39ClN4O6S/c1-18-23-15-20(40)9-13-29(23)51-33(18)26-17-30(42(6)41-26)43-35(47)25-16-24-21(10-11-22-31(24)36(48)44(34(22)46)38(2,3)4)32(39(25,5)37(43)49)19-8-12-27(45)28(14-19)50-7/h8-10,12-15,17,22,24-25,31-32,45H,11,16H2,1-7H3. The van der Waals surface area contributed by atoms with Gasteiger partial charge in [-0.15, -0.1) is 11.3 Å². The number of rotatable bonds is 4. The first-order valence-corrected chi connectivity index (χ1v) is 18.3. The molecule has 51 heavy (non-hydrogen) atoms. The number of hydrogen-bond donors (Lipinski definition) is 1. The van der Waals surface area contributed by atoms with Crippen molar-refractivity contribution in [2.75, 3.05) is 12.0 Å². The van der Waals surface area contributed by atoms with Gasteiger partial charge in [-0.1, -0.05) is 29.3 Å². The van der Waals surface area contributed by atoms with Crippen LogP contribution in [0.1, 0.15) is 57.6 Å². The van der Waals surface area contributed by atoms with Gasteiger partial charge in [-0.2, -0.15) is 5.10 Å². The quantitative estimate of drug-likeness (QED) is 0.177. The first-order valence-electron chi connectivity index (χ1n) is 17.1. The molecule has 2 aliphatic carbocycles. The van der Waals surface area contributed by atoms with Crippen molar-refractivity contribution in [2.45, 2.75) is 58.9 Å². The van der Waals surface area contributed by atoms with E-state index >= 15 is 4.79 Å². The van der Waals surface area contributed by atoms with Gasteiger partial charge in [0.25, 0.3) is 0 Å². The van der Waals surface area contributed by atoms with Crippen molar-refractivity contribution in [3.05, 3.63) is 70.3 Å². The number of fused-ring (bicyclic) bond motifs is 5. The van der Waals surface area contributed by atoms with Gasteiger partial charge in [0.2, 0.25) is 23.6 Å². The van der Waals surface area contributed by atoms with Crippen LogP contribution in [0.2, 0.25) is 5.02 Å². The number of likely N-dealkylation sites (tertiary alicyclic amines) is 1. The molecule has 3 fully saturated rings. The number of methoxy groups -OCH3 is 1. The van der Waals surface area contributed by atoms with E-state index in [0.717, 1.165) is 26.1 Å². The maximum absolute atomic E-state index is 15.0. The average Bonchev–Trinajstić information content (AvgIpc) is 3.75. The number of amides is 4. The van der Waals surface area contributed by atoms with Crippen LogP contribution in [0.5, 0.6) is 11.5 Å². The minimum atomic E-state index is -1.25. The third-order valence-electron chi connectivity index (χ3n) is 11.7. The highest BCUT2D eigenvalue weighted by Crippen LogP contribution is 2.64. The maximum Gasteiger partial charge on any atom is 0.242 e. The summed E-state index contributed by atoms with van der Waals surface area (Å²) in [6, 6.07) is 12.5. The van der Waals surface area contributed by atoms with Gasteiger partial charge in [-0.05, 0) is 100 Å². The van der Waals surface area contributed by atoms with E-state index < -0.39 is 40.5 Å². The Bertz CT molecular complexity index is 2250. The van der Waals surface area contributed by atoms with Gasteiger partial charge in [0.05, 0.1) is 35.2 Å². The van der Waals surface area contributed by atoms with Crippen LogP contribution in [0.15, 0.2) is 54.1 Å². The zero-order valence-electron chi connectivity index (χ0n) is 29.5. The molecule has 2 aliphatic heterocycles. The van der Waals surface area contributed by atoms with Crippen molar-refractivity contribution in [3.8, 4) is 22.1 Å². The van der Waals surface area contributed by atoms with Gasteiger partial charge in [-0.25, -0.2) is 4.90 Å². The number of hydrogen-bond acceptors (Lipinski definition) is 8. The number of carbonyl (C=O) groups excluding carboxylic acids is 4. The number of benzene rings is 2. The molecule has 10 nitrogen and oxygen atoms in total. The monoisotopic (exact) mass is 726 g/mol. The highest BCUT2D eigenvalue weighted by Gasteiger charge is 2.68. The Labute approximate surface area is 304 Å². The summed E-state index contributed by atoms with van der Waals surface area (Å²) in [6.07, 6.45) is 2.62. The highest BCUT2D eigenvalue weighted by atomic mass is 35.5. The Kier molecular flexibility index (Phi) is 7.43. The van der Waals surface area contributed by atoms with Crippen LogP contribution >= 0.6 is 22.9 Å². The van der Waals surface area contributed by atoms with Crippen LogP contribution in [0.3, 0.4) is 0 Å². The van der Waals surface area contributed by atoms with Crippen LogP contribution in [0.4, 0.5) is 5.82 Å². The number of phenolic OH excluding ortho intramolecular Hbond substituents is 1. The third-order valence-corrected chi connectivity index (χ3v) is 13.2. The number of aryl methyl sites for hydroxylation is 2. The number of allylic oxidation sites excluding steroid dienone is 2. The predicted molar refractivity (Wildman–Crippen MR) is 195 cm³/mol. The van der Waals surface area contributed by atoms with E-state index in [2.05, 4.69) is 0 Å². The van der Waals surface area contributed by atoms with Gasteiger partial charge in [0, 0.05) is 34.3 Å². The summed E-state index contributed by atoms with van der Waals surface area (Å²) in [6.45, 7) is 9.41. The number of imide groups is 2. The third kappa shape index (κ3) is 4.63. The molecule has 6 atom stereocenters. The van der Waals surface area contributed by atoms with Crippen molar-refractivity contribution in [2.24, 2.45) is 36.1 Å². The van der Waals surface area contributed by atoms with Crippen molar-refractivity contribution in [3.63, 3.8) is 0 Å². The molecule has 0 bridgehead atoms. The summed E-state index contributed by atoms with van der Waals surface area (Å²) in [7, 11) is 3.18. The summed E-state index contributed by atoms with van der Waals surface area (Å²) >= 11 is 7.88. The summed E-state index contributed by atoms with van der Waals surface area (Å²) in [4.78, 5) is 61.3. The Balaban J connectivity index is 1.26. The van der Waals surface area contributed by atoms with E-state index in [1.165, 1.54) is 23.0 Å². The molecule has 2 aromatic heterocycles. The minimum absolute atomic E-state index is 0.0537. The smallest absolute Gasteiger partial charge is 0.242 e. The number of thiophene rings is 1. The number of ether oxygens (including phenoxy) is 1. The topological polar surface area (TPSA) is 122 Å². The summed E-state index contributed by atoms with van der Waals surface area (Å²) in [5.74, 6) is -3.67. The zero-order valence-corrected chi connectivity index (χ0v) is 31.1. The van der Waals surface area contributed by atoms with Crippen molar-refractivity contribution < 1.29 is 29.0 Å². The minimum Gasteiger partial charge on any atom is -0.504 e. The lowest BCUT2D eigenvalue weighted by Crippen LogP contribution is -2.49. The van der Waals surface area contributed by atoms with Crippen LogP contribution < -0.4 is 9.64 Å². The predicted octanol–water partition coefficient (Wildman–Crippen LogP) is 7.01. The summed E-state index contributed by atoms with van der Waals surface area (Å²) < 4.78 is 8.12. The Morgan fingerprint density at radius 1 is 1.02 bits per heavy atom. The number of anilines is 1. The SMILES string of the molecule is COc1cc(C2C3=CCC4C(=O)N(C(C)(C)C)C(=O)C4C3CC3C(=O)N(c4cc(-c5sc6ccc(Cl)cc6c5C)nn4C)C(=O)C32C)ccc1O. The lowest BCUT2D eigenvalue weighted by molar-refractivity contribution is -0.145. The molecule has 0 spiro atoms. The van der Waals surface area contributed by atoms with E-state index in [9.17, 15) is 19.5 Å². The number of aromatic hydroxyl groups is 1. The second-order valence-corrected chi connectivity index (χ2v) is 17.0. The van der Waals surface area contributed by atoms with E-state index in [4.69, 9.17) is 21.4 Å². The number of carbonyl (C=O) groups is 4. The van der Waals surface area contributed by atoms with Crippen molar-refractivity contribution in [1.29, 1.82) is 0 Å². The lowest BCUT2D eigenvalue weighted by atomic mass is 9.51. The fraction of sp³-hybridized carbons (Fsp3) is 0.410. The van der Waals surface area contributed by atoms with Crippen molar-refractivity contribution >= 4 is 62.5 Å². The number of nitrogens with zero attached hydrogens (tertiary/aromatic N) is 4. The highest BCUT2D eigenvalue weighted by molar-refractivity contribution is 7.22. The Morgan fingerprint density at radius 3 is 2.47 bits per heavy atom. The molecule has 4 amide bonds. The molecule has 2 saturated heterocycles. The van der Waals surface area contributed by atoms with Gasteiger partial charge in [-0.3, -0.25) is 28.8 Å². The molecule has 2 aromatic carbocycles. The van der Waals surface area contributed by atoms with Crippen LogP contribution in [0.25, 0.3) is 20.7 Å².